The van der Waals surface area contributed by atoms with Gasteiger partial charge in [0.25, 0.3) is 0 Å². The Bertz CT molecular complexity index is 631. The van der Waals surface area contributed by atoms with Gasteiger partial charge in [-0.3, -0.25) is 4.68 Å². The van der Waals surface area contributed by atoms with Crippen LogP contribution in [0, 0.1) is 6.92 Å². The Morgan fingerprint density at radius 1 is 1.42 bits per heavy atom. The third-order valence-electron chi connectivity index (χ3n) is 2.94. The lowest BCUT2D eigenvalue weighted by Crippen LogP contribution is -2.11. The van der Waals surface area contributed by atoms with E-state index in [1.807, 2.05) is 20.9 Å². The number of rotatable bonds is 4. The van der Waals surface area contributed by atoms with Crippen molar-refractivity contribution < 1.29 is 9.90 Å². The quantitative estimate of drug-likeness (QED) is 0.917. The van der Waals surface area contributed by atoms with E-state index < -0.39 is 5.97 Å². The predicted molar refractivity (Wildman–Crippen MR) is 71.1 cm³/mol. The number of aromatic nitrogens is 5. The normalized spacial score (nSPS) is 10.9. The van der Waals surface area contributed by atoms with Crippen LogP contribution in [0.1, 0.15) is 34.5 Å². The molecule has 2 aromatic heterocycles. The molecule has 0 saturated heterocycles. The monoisotopic (exact) mass is 327 g/mol. The molecule has 0 aliphatic rings. The second kappa shape index (κ2) is 5.12. The SMILES string of the molecule is CCc1c(C(=O)O)nnn1Cc1c(Br)c(C)nn1C. The van der Waals surface area contributed by atoms with E-state index in [2.05, 4.69) is 31.3 Å². The number of carboxylic acid groups (broad SMARTS) is 1. The lowest BCUT2D eigenvalue weighted by atomic mass is 10.2. The first-order chi connectivity index (χ1) is 8.95. The Labute approximate surface area is 118 Å². The third kappa shape index (κ3) is 2.40. The molecular weight excluding hydrogens is 314 g/mol. The van der Waals surface area contributed by atoms with Crippen LogP contribution in [0.25, 0.3) is 0 Å². The Balaban J connectivity index is 2.41. The first kappa shape index (κ1) is 13.7. The lowest BCUT2D eigenvalue weighted by Gasteiger charge is -2.06. The average Bonchev–Trinajstić information content (AvgIpc) is 2.86. The molecule has 0 radical (unpaired) electrons. The highest BCUT2D eigenvalue weighted by molar-refractivity contribution is 9.10. The summed E-state index contributed by atoms with van der Waals surface area (Å²) in [5.41, 5.74) is 2.43. The van der Waals surface area contributed by atoms with Crippen molar-refractivity contribution in [2.24, 2.45) is 7.05 Å². The number of hydrogen-bond donors (Lipinski definition) is 1. The summed E-state index contributed by atoms with van der Waals surface area (Å²) in [5.74, 6) is -1.05. The van der Waals surface area contributed by atoms with Gasteiger partial charge in [0.05, 0.1) is 28.1 Å². The van der Waals surface area contributed by atoms with E-state index in [4.69, 9.17) is 5.11 Å². The van der Waals surface area contributed by atoms with Gasteiger partial charge < -0.3 is 5.11 Å². The number of carbonyl (C=O) groups is 1. The van der Waals surface area contributed by atoms with Gasteiger partial charge in [0.2, 0.25) is 0 Å². The smallest absolute Gasteiger partial charge is 0.358 e. The highest BCUT2D eigenvalue weighted by Gasteiger charge is 2.19. The summed E-state index contributed by atoms with van der Waals surface area (Å²) in [6.45, 7) is 4.21. The summed E-state index contributed by atoms with van der Waals surface area (Å²) < 4.78 is 4.26. The minimum absolute atomic E-state index is 0.0116. The van der Waals surface area contributed by atoms with Gasteiger partial charge in [-0.25, -0.2) is 9.48 Å². The number of aryl methyl sites for hydroxylation is 2. The third-order valence-corrected chi connectivity index (χ3v) is 3.97. The summed E-state index contributed by atoms with van der Waals surface area (Å²) in [6, 6.07) is 0. The Morgan fingerprint density at radius 3 is 2.58 bits per heavy atom. The molecule has 0 atom stereocenters. The molecule has 8 heteroatoms. The molecule has 0 aliphatic heterocycles. The lowest BCUT2D eigenvalue weighted by molar-refractivity contribution is 0.0689. The second-order valence-corrected chi connectivity index (χ2v) is 4.96. The van der Waals surface area contributed by atoms with Crippen molar-refractivity contribution in [3.8, 4) is 0 Å². The maximum absolute atomic E-state index is 11.0. The second-order valence-electron chi connectivity index (χ2n) is 4.17. The van der Waals surface area contributed by atoms with Crippen molar-refractivity contribution >= 4 is 21.9 Å². The molecule has 0 fully saturated rings. The summed E-state index contributed by atoms with van der Waals surface area (Å²) in [5, 5.41) is 21.0. The minimum atomic E-state index is -1.05. The Morgan fingerprint density at radius 2 is 2.11 bits per heavy atom. The van der Waals surface area contributed by atoms with Crippen LogP contribution < -0.4 is 0 Å². The van der Waals surface area contributed by atoms with E-state index in [1.54, 1.807) is 9.36 Å². The van der Waals surface area contributed by atoms with Crippen molar-refractivity contribution in [2.75, 3.05) is 0 Å². The molecular formula is C11H14BrN5O2. The molecule has 2 heterocycles. The van der Waals surface area contributed by atoms with Gasteiger partial charge in [0.15, 0.2) is 5.69 Å². The molecule has 0 spiro atoms. The fourth-order valence-electron chi connectivity index (χ4n) is 1.97. The summed E-state index contributed by atoms with van der Waals surface area (Å²) in [4.78, 5) is 11.0. The van der Waals surface area contributed by atoms with Crippen LogP contribution in [-0.4, -0.2) is 35.9 Å². The summed E-state index contributed by atoms with van der Waals surface area (Å²) >= 11 is 3.48. The number of halogens is 1. The molecule has 7 nitrogen and oxygen atoms in total. The van der Waals surface area contributed by atoms with Crippen molar-refractivity contribution in [3.63, 3.8) is 0 Å². The van der Waals surface area contributed by atoms with E-state index in [-0.39, 0.29) is 5.69 Å². The van der Waals surface area contributed by atoms with Crippen LogP contribution in [0.15, 0.2) is 4.47 Å². The largest absolute Gasteiger partial charge is 0.476 e. The van der Waals surface area contributed by atoms with E-state index in [1.165, 1.54) is 0 Å². The Hall–Kier alpha value is -1.70. The molecule has 0 amide bonds. The highest BCUT2D eigenvalue weighted by atomic mass is 79.9. The fourth-order valence-corrected chi connectivity index (χ4v) is 2.43. The zero-order valence-corrected chi connectivity index (χ0v) is 12.5. The van der Waals surface area contributed by atoms with Gasteiger partial charge in [-0.2, -0.15) is 5.10 Å². The first-order valence-corrected chi connectivity index (χ1v) is 6.58. The maximum Gasteiger partial charge on any atom is 0.358 e. The highest BCUT2D eigenvalue weighted by Crippen LogP contribution is 2.21. The molecule has 0 aliphatic carbocycles. The molecule has 2 rings (SSSR count). The molecule has 0 aromatic carbocycles. The molecule has 0 unspecified atom stereocenters. The summed E-state index contributed by atoms with van der Waals surface area (Å²) in [6.07, 6.45) is 0.559. The van der Waals surface area contributed by atoms with Gasteiger partial charge in [-0.1, -0.05) is 12.1 Å². The minimum Gasteiger partial charge on any atom is -0.476 e. The molecule has 2 aromatic rings. The summed E-state index contributed by atoms with van der Waals surface area (Å²) in [7, 11) is 1.84. The fraction of sp³-hybridized carbons (Fsp3) is 0.455. The topological polar surface area (TPSA) is 85.8 Å². The number of carboxylic acids is 1. The van der Waals surface area contributed by atoms with E-state index in [9.17, 15) is 4.79 Å². The van der Waals surface area contributed by atoms with Gasteiger partial charge in [-0.05, 0) is 29.3 Å². The number of aromatic carboxylic acids is 1. The predicted octanol–water partition coefficient (Wildman–Crippen LogP) is 1.39. The van der Waals surface area contributed by atoms with Crippen molar-refractivity contribution in [3.05, 3.63) is 27.2 Å². The zero-order valence-electron chi connectivity index (χ0n) is 10.9. The van der Waals surface area contributed by atoms with Crippen molar-refractivity contribution in [1.29, 1.82) is 0 Å². The van der Waals surface area contributed by atoms with E-state index in [0.717, 1.165) is 15.9 Å². The first-order valence-electron chi connectivity index (χ1n) is 5.79. The van der Waals surface area contributed by atoms with Crippen LogP contribution in [-0.2, 0) is 20.0 Å². The standard InChI is InChI=1S/C11H14BrN5O2/c1-4-7-10(11(18)19)13-15-17(7)5-8-9(12)6(2)14-16(8)3/h4-5H2,1-3H3,(H,18,19). The molecule has 1 N–H and O–H groups in total. The zero-order chi connectivity index (χ0) is 14.2. The van der Waals surface area contributed by atoms with Crippen LogP contribution in [0.4, 0.5) is 0 Å². The van der Waals surface area contributed by atoms with Crippen LogP contribution in [0.5, 0.6) is 0 Å². The molecule has 0 saturated carbocycles. The Kier molecular flexibility index (Phi) is 3.70. The van der Waals surface area contributed by atoms with Crippen LogP contribution in [0.2, 0.25) is 0 Å². The van der Waals surface area contributed by atoms with Crippen LogP contribution >= 0.6 is 15.9 Å². The van der Waals surface area contributed by atoms with Gasteiger partial charge in [0.1, 0.15) is 0 Å². The van der Waals surface area contributed by atoms with Crippen molar-refractivity contribution in [1.82, 2.24) is 24.8 Å². The molecule has 102 valence electrons. The van der Waals surface area contributed by atoms with E-state index >= 15 is 0 Å². The average molecular weight is 328 g/mol. The van der Waals surface area contributed by atoms with E-state index in [0.29, 0.717) is 18.7 Å². The van der Waals surface area contributed by atoms with Crippen molar-refractivity contribution in [2.45, 2.75) is 26.8 Å². The molecule has 19 heavy (non-hydrogen) atoms. The maximum atomic E-state index is 11.0. The van der Waals surface area contributed by atoms with Crippen LogP contribution in [0.3, 0.4) is 0 Å². The number of nitrogens with zero attached hydrogens (tertiary/aromatic N) is 5. The molecule has 0 bridgehead atoms. The number of hydrogen-bond acceptors (Lipinski definition) is 4. The van der Waals surface area contributed by atoms with Gasteiger partial charge >= 0.3 is 5.97 Å². The van der Waals surface area contributed by atoms with Gasteiger partial charge in [-0.15, -0.1) is 5.10 Å². The van der Waals surface area contributed by atoms with Gasteiger partial charge in [0, 0.05) is 7.05 Å².